The summed E-state index contributed by atoms with van der Waals surface area (Å²) in [5, 5.41) is 9.73. The van der Waals surface area contributed by atoms with Crippen molar-refractivity contribution in [3.05, 3.63) is 66.2 Å². The van der Waals surface area contributed by atoms with Crippen molar-refractivity contribution in [2.24, 2.45) is 0 Å². The lowest BCUT2D eigenvalue weighted by molar-refractivity contribution is 0.289. The van der Waals surface area contributed by atoms with Crippen LogP contribution in [0.15, 0.2) is 55.1 Å². The molecule has 17 heavy (non-hydrogen) atoms. The predicted molar refractivity (Wildman–Crippen MR) is 69.0 cm³/mol. The highest BCUT2D eigenvalue weighted by Crippen LogP contribution is 2.27. The van der Waals surface area contributed by atoms with Gasteiger partial charge in [-0.1, -0.05) is 49.1 Å². The standard InChI is InChI=1S/C15H14O2/c1-2-12-8-9-15(14(16)10-12)17-11-13-6-4-3-5-7-13/h2-10,16H,1,11H2. The van der Waals surface area contributed by atoms with E-state index in [4.69, 9.17) is 4.74 Å². The average molecular weight is 226 g/mol. The number of rotatable bonds is 4. The van der Waals surface area contributed by atoms with Gasteiger partial charge >= 0.3 is 0 Å². The van der Waals surface area contributed by atoms with Gasteiger partial charge in [0.2, 0.25) is 0 Å². The van der Waals surface area contributed by atoms with Crippen molar-refractivity contribution in [1.29, 1.82) is 0 Å². The molecule has 0 atom stereocenters. The second kappa shape index (κ2) is 5.21. The molecular formula is C15H14O2. The Hall–Kier alpha value is -2.22. The Morgan fingerprint density at radius 3 is 2.53 bits per heavy atom. The van der Waals surface area contributed by atoms with Crippen LogP contribution in [0.25, 0.3) is 6.08 Å². The Bertz CT molecular complexity index is 504. The third-order valence-electron chi connectivity index (χ3n) is 2.46. The quantitative estimate of drug-likeness (QED) is 0.862. The van der Waals surface area contributed by atoms with Crippen LogP contribution in [-0.4, -0.2) is 5.11 Å². The van der Waals surface area contributed by atoms with Crippen molar-refractivity contribution in [1.82, 2.24) is 0 Å². The Kier molecular flexibility index (Phi) is 3.46. The van der Waals surface area contributed by atoms with Gasteiger partial charge in [-0.25, -0.2) is 0 Å². The van der Waals surface area contributed by atoms with E-state index in [1.165, 1.54) is 0 Å². The highest BCUT2D eigenvalue weighted by Gasteiger charge is 2.02. The van der Waals surface area contributed by atoms with Gasteiger partial charge in [0.05, 0.1) is 0 Å². The number of hydrogen-bond acceptors (Lipinski definition) is 2. The van der Waals surface area contributed by atoms with Crippen molar-refractivity contribution in [2.45, 2.75) is 6.61 Å². The van der Waals surface area contributed by atoms with E-state index in [0.29, 0.717) is 12.4 Å². The molecule has 0 heterocycles. The van der Waals surface area contributed by atoms with Crippen LogP contribution in [0.3, 0.4) is 0 Å². The lowest BCUT2D eigenvalue weighted by Gasteiger charge is -2.08. The monoisotopic (exact) mass is 226 g/mol. The van der Waals surface area contributed by atoms with E-state index < -0.39 is 0 Å². The van der Waals surface area contributed by atoms with Gasteiger partial charge in [-0.2, -0.15) is 0 Å². The Labute approximate surface area is 101 Å². The third-order valence-corrected chi connectivity index (χ3v) is 2.46. The molecule has 0 aliphatic heterocycles. The van der Waals surface area contributed by atoms with Gasteiger partial charge < -0.3 is 9.84 Å². The van der Waals surface area contributed by atoms with Crippen molar-refractivity contribution in [2.75, 3.05) is 0 Å². The predicted octanol–water partition coefficient (Wildman–Crippen LogP) is 3.61. The first-order valence-electron chi connectivity index (χ1n) is 5.42. The van der Waals surface area contributed by atoms with Crippen molar-refractivity contribution >= 4 is 6.08 Å². The lowest BCUT2D eigenvalue weighted by Crippen LogP contribution is -1.95. The molecule has 0 aliphatic carbocycles. The van der Waals surface area contributed by atoms with Crippen LogP contribution >= 0.6 is 0 Å². The van der Waals surface area contributed by atoms with Crippen LogP contribution in [-0.2, 0) is 6.61 Å². The second-order valence-corrected chi connectivity index (χ2v) is 3.71. The van der Waals surface area contributed by atoms with Crippen LogP contribution < -0.4 is 4.74 Å². The van der Waals surface area contributed by atoms with Gasteiger partial charge in [0.1, 0.15) is 6.61 Å². The van der Waals surface area contributed by atoms with Gasteiger partial charge in [0.25, 0.3) is 0 Å². The first-order chi connectivity index (χ1) is 8.29. The van der Waals surface area contributed by atoms with Crippen LogP contribution in [0.2, 0.25) is 0 Å². The first kappa shape index (κ1) is 11.3. The van der Waals surface area contributed by atoms with Crippen molar-refractivity contribution < 1.29 is 9.84 Å². The van der Waals surface area contributed by atoms with Crippen molar-refractivity contribution in [3.8, 4) is 11.5 Å². The molecule has 0 saturated carbocycles. The maximum atomic E-state index is 9.73. The molecule has 2 nitrogen and oxygen atoms in total. The third kappa shape index (κ3) is 2.88. The Morgan fingerprint density at radius 1 is 1.12 bits per heavy atom. The van der Waals surface area contributed by atoms with Gasteiger partial charge in [0, 0.05) is 0 Å². The van der Waals surface area contributed by atoms with E-state index in [1.54, 1.807) is 18.2 Å². The molecule has 2 aromatic carbocycles. The zero-order valence-corrected chi connectivity index (χ0v) is 9.47. The molecule has 0 aliphatic rings. The summed E-state index contributed by atoms with van der Waals surface area (Å²) in [6, 6.07) is 15.1. The minimum absolute atomic E-state index is 0.137. The molecule has 2 aromatic rings. The first-order valence-corrected chi connectivity index (χ1v) is 5.42. The van der Waals surface area contributed by atoms with E-state index in [2.05, 4.69) is 6.58 Å². The largest absolute Gasteiger partial charge is 0.504 e. The van der Waals surface area contributed by atoms with Crippen LogP contribution in [0.4, 0.5) is 0 Å². The summed E-state index contributed by atoms with van der Waals surface area (Å²) in [4.78, 5) is 0. The molecule has 2 heteroatoms. The number of phenols is 1. The normalized spacial score (nSPS) is 9.88. The number of phenolic OH excluding ortho intramolecular Hbond substituents is 1. The van der Waals surface area contributed by atoms with Crippen LogP contribution in [0.5, 0.6) is 11.5 Å². The van der Waals surface area contributed by atoms with E-state index in [0.717, 1.165) is 11.1 Å². The lowest BCUT2D eigenvalue weighted by atomic mass is 10.2. The van der Waals surface area contributed by atoms with Gasteiger partial charge in [0.15, 0.2) is 11.5 Å². The summed E-state index contributed by atoms with van der Waals surface area (Å²) in [5.41, 5.74) is 1.94. The molecular weight excluding hydrogens is 212 g/mol. The molecule has 0 fully saturated rings. The minimum atomic E-state index is 0.137. The smallest absolute Gasteiger partial charge is 0.161 e. The van der Waals surface area contributed by atoms with E-state index >= 15 is 0 Å². The molecule has 0 aromatic heterocycles. The Balaban J connectivity index is 2.07. The molecule has 0 amide bonds. The SMILES string of the molecule is C=Cc1ccc(OCc2ccccc2)c(O)c1. The molecule has 2 rings (SSSR count). The zero-order chi connectivity index (χ0) is 12.1. The highest BCUT2D eigenvalue weighted by atomic mass is 16.5. The highest BCUT2D eigenvalue weighted by molar-refractivity contribution is 5.53. The number of benzene rings is 2. The summed E-state index contributed by atoms with van der Waals surface area (Å²) < 4.78 is 5.54. The molecule has 1 N–H and O–H groups in total. The van der Waals surface area contributed by atoms with Crippen LogP contribution in [0.1, 0.15) is 11.1 Å². The van der Waals surface area contributed by atoms with E-state index in [1.807, 2.05) is 36.4 Å². The molecule has 0 unspecified atom stereocenters. The van der Waals surface area contributed by atoms with Gasteiger partial charge in [-0.05, 0) is 23.3 Å². The summed E-state index contributed by atoms with van der Waals surface area (Å²) in [6.45, 7) is 4.09. The maximum Gasteiger partial charge on any atom is 0.161 e. The number of aromatic hydroxyl groups is 1. The number of hydrogen-bond donors (Lipinski definition) is 1. The van der Waals surface area contributed by atoms with Crippen molar-refractivity contribution in [3.63, 3.8) is 0 Å². The summed E-state index contributed by atoms with van der Waals surface area (Å²) in [6.07, 6.45) is 1.68. The fraction of sp³-hybridized carbons (Fsp3) is 0.0667. The molecule has 0 radical (unpaired) electrons. The topological polar surface area (TPSA) is 29.5 Å². The van der Waals surface area contributed by atoms with Crippen LogP contribution in [0, 0.1) is 0 Å². The minimum Gasteiger partial charge on any atom is -0.504 e. The van der Waals surface area contributed by atoms with E-state index in [-0.39, 0.29) is 5.75 Å². The molecule has 0 saturated heterocycles. The molecule has 86 valence electrons. The summed E-state index contributed by atoms with van der Waals surface area (Å²) in [5.74, 6) is 0.623. The maximum absolute atomic E-state index is 9.73. The fourth-order valence-electron chi connectivity index (χ4n) is 1.52. The van der Waals surface area contributed by atoms with E-state index in [9.17, 15) is 5.11 Å². The Morgan fingerprint density at radius 2 is 1.88 bits per heavy atom. The summed E-state index contributed by atoms with van der Waals surface area (Å²) >= 11 is 0. The molecule has 0 spiro atoms. The second-order valence-electron chi connectivity index (χ2n) is 3.71. The van der Waals surface area contributed by atoms with Gasteiger partial charge in [-0.15, -0.1) is 0 Å². The zero-order valence-electron chi connectivity index (χ0n) is 9.47. The van der Waals surface area contributed by atoms with Gasteiger partial charge in [-0.3, -0.25) is 0 Å². The summed E-state index contributed by atoms with van der Waals surface area (Å²) in [7, 11) is 0. The number of ether oxygens (including phenoxy) is 1. The average Bonchev–Trinajstić information content (AvgIpc) is 2.38. The molecule has 0 bridgehead atoms. The fourth-order valence-corrected chi connectivity index (χ4v) is 1.52.